The molecule has 0 radical (unpaired) electrons. The van der Waals surface area contributed by atoms with E-state index < -0.39 is 0 Å². The lowest BCUT2D eigenvalue weighted by atomic mass is 10.1. The molecule has 64 valence electrons. The van der Waals surface area contributed by atoms with Gasteiger partial charge < -0.3 is 10.8 Å². The van der Waals surface area contributed by atoms with Crippen LogP contribution in [0.25, 0.3) is 0 Å². The third-order valence-corrected chi connectivity index (χ3v) is 2.20. The Morgan fingerprint density at radius 1 is 1.58 bits per heavy atom. The Hall–Kier alpha value is -1.09. The summed E-state index contributed by atoms with van der Waals surface area (Å²) in [5, 5.41) is 9.29. The van der Waals surface area contributed by atoms with Gasteiger partial charge in [0, 0.05) is 23.7 Å². The lowest BCUT2D eigenvalue weighted by Gasteiger charge is -2.03. The molecular weight excluding hydrogens is 152 g/mol. The lowest BCUT2D eigenvalue weighted by molar-refractivity contribution is 0.465. The highest BCUT2D eigenvalue weighted by Gasteiger charge is 2.25. The molecule has 0 atom stereocenters. The van der Waals surface area contributed by atoms with Crippen LogP contribution in [0.15, 0.2) is 12.3 Å². The van der Waals surface area contributed by atoms with Gasteiger partial charge in [-0.05, 0) is 18.9 Å². The first-order valence-electron chi connectivity index (χ1n) is 4.19. The Balaban J connectivity index is 2.33. The van der Waals surface area contributed by atoms with E-state index in [0.717, 1.165) is 11.3 Å². The number of hydrogen-bond acceptors (Lipinski definition) is 3. The summed E-state index contributed by atoms with van der Waals surface area (Å²) in [5.74, 6) is 0.831. The fourth-order valence-electron chi connectivity index (χ4n) is 1.27. The van der Waals surface area contributed by atoms with Crippen LogP contribution in [-0.2, 0) is 6.54 Å². The first kappa shape index (κ1) is 7.55. The molecule has 3 heteroatoms. The molecule has 1 aromatic rings. The monoisotopic (exact) mass is 164 g/mol. The van der Waals surface area contributed by atoms with Crippen LogP contribution in [0.4, 0.5) is 0 Å². The fraction of sp³-hybridized carbons (Fsp3) is 0.444. The van der Waals surface area contributed by atoms with E-state index >= 15 is 0 Å². The molecule has 0 bridgehead atoms. The quantitative estimate of drug-likeness (QED) is 0.688. The zero-order valence-electron chi connectivity index (χ0n) is 6.83. The van der Waals surface area contributed by atoms with Crippen molar-refractivity contribution in [1.82, 2.24) is 4.98 Å². The molecule has 0 aromatic carbocycles. The first-order chi connectivity index (χ1) is 5.81. The summed E-state index contributed by atoms with van der Waals surface area (Å²) in [5.41, 5.74) is 7.33. The summed E-state index contributed by atoms with van der Waals surface area (Å²) >= 11 is 0. The fourth-order valence-corrected chi connectivity index (χ4v) is 1.27. The number of nitrogens with two attached hydrogens (primary N) is 1. The third kappa shape index (κ3) is 1.28. The van der Waals surface area contributed by atoms with Crippen molar-refractivity contribution in [2.45, 2.75) is 25.3 Å². The zero-order chi connectivity index (χ0) is 8.55. The van der Waals surface area contributed by atoms with E-state index in [4.69, 9.17) is 5.73 Å². The molecule has 2 rings (SSSR count). The van der Waals surface area contributed by atoms with E-state index in [-0.39, 0.29) is 5.75 Å². The van der Waals surface area contributed by atoms with E-state index in [0.29, 0.717) is 12.5 Å². The van der Waals surface area contributed by atoms with Crippen molar-refractivity contribution in [3.8, 4) is 5.75 Å². The Labute approximate surface area is 71.2 Å². The Kier molecular flexibility index (Phi) is 1.73. The van der Waals surface area contributed by atoms with Gasteiger partial charge in [0.2, 0.25) is 0 Å². The molecule has 1 aromatic heterocycles. The van der Waals surface area contributed by atoms with Crippen LogP contribution in [0.5, 0.6) is 5.75 Å². The number of nitrogens with zero attached hydrogens (tertiary/aromatic N) is 1. The summed E-state index contributed by atoms with van der Waals surface area (Å²) in [6.07, 6.45) is 3.94. The number of aromatic nitrogens is 1. The highest BCUT2D eigenvalue weighted by molar-refractivity contribution is 5.33. The van der Waals surface area contributed by atoms with Gasteiger partial charge in [0.15, 0.2) is 0 Å². The SMILES string of the molecule is NCc1cc(C2CC2)ncc1O. The second-order valence-electron chi connectivity index (χ2n) is 3.22. The van der Waals surface area contributed by atoms with Crippen LogP contribution < -0.4 is 5.73 Å². The van der Waals surface area contributed by atoms with Crippen molar-refractivity contribution in [2.75, 3.05) is 0 Å². The van der Waals surface area contributed by atoms with Crippen LogP contribution >= 0.6 is 0 Å². The van der Waals surface area contributed by atoms with Crippen molar-refractivity contribution in [2.24, 2.45) is 5.73 Å². The highest BCUT2D eigenvalue weighted by atomic mass is 16.3. The molecule has 0 spiro atoms. The van der Waals surface area contributed by atoms with Gasteiger partial charge in [0.25, 0.3) is 0 Å². The number of rotatable bonds is 2. The molecule has 0 amide bonds. The maximum Gasteiger partial charge on any atom is 0.138 e. The zero-order valence-corrected chi connectivity index (χ0v) is 6.83. The maximum absolute atomic E-state index is 9.29. The van der Waals surface area contributed by atoms with Gasteiger partial charge in [-0.1, -0.05) is 0 Å². The first-order valence-corrected chi connectivity index (χ1v) is 4.19. The van der Waals surface area contributed by atoms with Crippen LogP contribution in [0.2, 0.25) is 0 Å². The van der Waals surface area contributed by atoms with E-state index in [1.54, 1.807) is 0 Å². The predicted molar refractivity (Wildman–Crippen MR) is 45.8 cm³/mol. The lowest BCUT2D eigenvalue weighted by Crippen LogP contribution is -1.99. The predicted octanol–water partition coefficient (Wildman–Crippen LogP) is 1.12. The summed E-state index contributed by atoms with van der Waals surface area (Å²) in [7, 11) is 0. The molecule has 0 unspecified atom stereocenters. The third-order valence-electron chi connectivity index (χ3n) is 2.20. The molecule has 1 fully saturated rings. The summed E-state index contributed by atoms with van der Waals surface area (Å²) in [4.78, 5) is 4.14. The molecule has 0 aliphatic heterocycles. The van der Waals surface area contributed by atoms with Gasteiger partial charge in [0.1, 0.15) is 5.75 Å². The number of pyridine rings is 1. The van der Waals surface area contributed by atoms with Gasteiger partial charge in [-0.2, -0.15) is 0 Å². The van der Waals surface area contributed by atoms with Crippen molar-refractivity contribution in [1.29, 1.82) is 0 Å². The summed E-state index contributed by atoms with van der Waals surface area (Å²) in [6, 6.07) is 1.91. The molecule has 3 N–H and O–H groups in total. The van der Waals surface area contributed by atoms with Crippen molar-refractivity contribution in [3.63, 3.8) is 0 Å². The molecule has 1 aliphatic carbocycles. The molecule has 1 saturated carbocycles. The second-order valence-corrected chi connectivity index (χ2v) is 3.22. The summed E-state index contributed by atoms with van der Waals surface area (Å²) in [6.45, 7) is 0.383. The van der Waals surface area contributed by atoms with Crippen LogP contribution in [0, 0.1) is 0 Å². The number of aromatic hydroxyl groups is 1. The molecule has 3 nitrogen and oxygen atoms in total. The average molecular weight is 164 g/mol. The van der Waals surface area contributed by atoms with E-state index in [1.165, 1.54) is 19.0 Å². The summed E-state index contributed by atoms with van der Waals surface area (Å²) < 4.78 is 0. The van der Waals surface area contributed by atoms with E-state index in [9.17, 15) is 5.11 Å². The van der Waals surface area contributed by atoms with Crippen LogP contribution in [-0.4, -0.2) is 10.1 Å². The Morgan fingerprint density at radius 3 is 2.92 bits per heavy atom. The highest BCUT2D eigenvalue weighted by Crippen LogP contribution is 2.39. The van der Waals surface area contributed by atoms with Gasteiger partial charge in [-0.25, -0.2) is 0 Å². The van der Waals surface area contributed by atoms with Crippen molar-refractivity contribution >= 4 is 0 Å². The Bertz CT molecular complexity index is 295. The molecule has 0 saturated heterocycles. The molecule has 1 aliphatic rings. The minimum Gasteiger partial charge on any atom is -0.506 e. The number of hydrogen-bond donors (Lipinski definition) is 2. The Morgan fingerprint density at radius 2 is 2.33 bits per heavy atom. The maximum atomic E-state index is 9.29. The van der Waals surface area contributed by atoms with Crippen molar-refractivity contribution < 1.29 is 5.11 Å². The second kappa shape index (κ2) is 2.75. The van der Waals surface area contributed by atoms with Crippen molar-refractivity contribution in [3.05, 3.63) is 23.5 Å². The van der Waals surface area contributed by atoms with E-state index in [1.807, 2.05) is 6.07 Å². The topological polar surface area (TPSA) is 59.1 Å². The smallest absolute Gasteiger partial charge is 0.138 e. The molecular formula is C9H12N2O. The van der Waals surface area contributed by atoms with Gasteiger partial charge in [0.05, 0.1) is 6.20 Å². The van der Waals surface area contributed by atoms with Gasteiger partial charge in [-0.3, -0.25) is 4.98 Å². The van der Waals surface area contributed by atoms with Gasteiger partial charge in [-0.15, -0.1) is 0 Å². The largest absolute Gasteiger partial charge is 0.506 e. The minimum absolute atomic E-state index is 0.210. The minimum atomic E-state index is 0.210. The van der Waals surface area contributed by atoms with Crippen LogP contribution in [0.1, 0.15) is 30.0 Å². The van der Waals surface area contributed by atoms with E-state index in [2.05, 4.69) is 4.98 Å². The standard InChI is InChI=1S/C9H12N2O/c10-4-7-3-8(6-1-2-6)11-5-9(7)12/h3,5-6,12H,1-2,4,10H2. The normalized spacial score (nSPS) is 16.4. The van der Waals surface area contributed by atoms with Gasteiger partial charge >= 0.3 is 0 Å². The van der Waals surface area contributed by atoms with Crippen LogP contribution in [0.3, 0.4) is 0 Å². The average Bonchev–Trinajstić information content (AvgIpc) is 2.88. The molecule has 12 heavy (non-hydrogen) atoms. The molecule has 1 heterocycles.